The third kappa shape index (κ3) is 2.30. The van der Waals surface area contributed by atoms with Gasteiger partial charge >= 0.3 is 0 Å². The molecule has 0 aliphatic carbocycles. The maximum absolute atomic E-state index is 11.0. The molecule has 0 saturated carbocycles. The molecule has 1 atom stereocenters. The van der Waals surface area contributed by atoms with Gasteiger partial charge in [-0.05, 0) is 18.6 Å². The molecule has 1 unspecified atom stereocenters. The summed E-state index contributed by atoms with van der Waals surface area (Å²) in [5.41, 5.74) is 0.865. The molecule has 0 bridgehead atoms. The molecule has 3 heteroatoms. The average molecular weight is 255 g/mol. The molecule has 74 valence electrons. The van der Waals surface area contributed by atoms with Crippen molar-refractivity contribution < 1.29 is 9.90 Å². The predicted molar refractivity (Wildman–Crippen MR) is 58.9 cm³/mol. The van der Waals surface area contributed by atoms with Gasteiger partial charge in [0.1, 0.15) is 6.10 Å². The first-order valence-electron chi connectivity index (χ1n) is 4.16. The van der Waals surface area contributed by atoms with Gasteiger partial charge in [-0.25, -0.2) is 0 Å². The Hall–Kier alpha value is -0.930. The van der Waals surface area contributed by atoms with E-state index >= 15 is 0 Å². The van der Waals surface area contributed by atoms with E-state index in [2.05, 4.69) is 22.5 Å². The minimum absolute atomic E-state index is 0.201. The third-order valence-corrected chi connectivity index (χ3v) is 2.70. The number of Topliss-reactive ketones (excluding diaryl/α,β-unsaturated/α-hetero) is 1. The van der Waals surface area contributed by atoms with Gasteiger partial charge < -0.3 is 5.11 Å². The van der Waals surface area contributed by atoms with E-state index in [1.54, 1.807) is 12.1 Å². The quantitative estimate of drug-likeness (QED) is 0.843. The number of benzene rings is 1. The average Bonchev–Trinajstić information content (AvgIpc) is 2.16. The van der Waals surface area contributed by atoms with Crippen LogP contribution in [0.15, 0.2) is 40.9 Å². The zero-order valence-corrected chi connectivity index (χ0v) is 9.41. The van der Waals surface area contributed by atoms with Crippen LogP contribution in [0.25, 0.3) is 0 Å². The lowest BCUT2D eigenvalue weighted by Crippen LogP contribution is -2.07. The van der Waals surface area contributed by atoms with E-state index in [0.29, 0.717) is 5.56 Å². The Bertz CT molecular complexity index is 371. The second-order valence-corrected chi connectivity index (χ2v) is 3.86. The first kappa shape index (κ1) is 11.1. The molecule has 0 spiro atoms. The second-order valence-electron chi connectivity index (χ2n) is 3.01. The summed E-state index contributed by atoms with van der Waals surface area (Å²) in [6, 6.07) is 7.21. The molecule has 1 aromatic carbocycles. The van der Waals surface area contributed by atoms with Crippen molar-refractivity contribution in [2.24, 2.45) is 0 Å². The smallest absolute Gasteiger partial charge is 0.158 e. The normalized spacial score (nSPS) is 12.2. The van der Waals surface area contributed by atoms with Crippen LogP contribution in [0.4, 0.5) is 0 Å². The van der Waals surface area contributed by atoms with Gasteiger partial charge in [-0.15, -0.1) is 0 Å². The van der Waals surface area contributed by atoms with Crippen LogP contribution < -0.4 is 0 Å². The van der Waals surface area contributed by atoms with E-state index in [-0.39, 0.29) is 11.4 Å². The molecule has 2 nitrogen and oxygen atoms in total. The lowest BCUT2D eigenvalue weighted by molar-refractivity contribution is -0.114. The number of aliphatic hydroxyl groups is 1. The van der Waals surface area contributed by atoms with Gasteiger partial charge in [-0.3, -0.25) is 4.79 Å². The Morgan fingerprint density at radius 1 is 1.50 bits per heavy atom. The number of ketones is 1. The second kappa shape index (κ2) is 4.53. The molecule has 1 aromatic rings. The fourth-order valence-electron chi connectivity index (χ4n) is 1.08. The van der Waals surface area contributed by atoms with E-state index in [1.807, 2.05) is 12.1 Å². The van der Waals surface area contributed by atoms with E-state index in [9.17, 15) is 9.90 Å². The molecule has 1 N–H and O–H groups in total. The maximum atomic E-state index is 11.0. The van der Waals surface area contributed by atoms with Crippen LogP contribution in [0.1, 0.15) is 18.6 Å². The van der Waals surface area contributed by atoms with Crippen molar-refractivity contribution in [3.63, 3.8) is 0 Å². The highest BCUT2D eigenvalue weighted by Gasteiger charge is 2.16. The molecule has 0 radical (unpaired) electrons. The number of rotatable bonds is 3. The topological polar surface area (TPSA) is 37.3 Å². The Kier molecular flexibility index (Phi) is 3.61. The lowest BCUT2D eigenvalue weighted by atomic mass is 10.0. The molecule has 0 saturated heterocycles. The number of halogens is 1. The van der Waals surface area contributed by atoms with Gasteiger partial charge in [0.25, 0.3) is 0 Å². The molecule has 1 rings (SSSR count). The van der Waals surface area contributed by atoms with Crippen LogP contribution in [0, 0.1) is 0 Å². The fourth-order valence-corrected chi connectivity index (χ4v) is 1.58. The van der Waals surface area contributed by atoms with Crippen LogP contribution in [0.5, 0.6) is 0 Å². The van der Waals surface area contributed by atoms with Crippen LogP contribution in [0.2, 0.25) is 0 Å². The Balaban J connectivity index is 3.01. The summed E-state index contributed by atoms with van der Waals surface area (Å²) >= 11 is 3.30. The minimum atomic E-state index is -0.928. The van der Waals surface area contributed by atoms with Crippen molar-refractivity contribution in [1.82, 2.24) is 0 Å². The van der Waals surface area contributed by atoms with Crippen molar-refractivity contribution in [1.29, 1.82) is 0 Å². The molecule has 0 aliphatic heterocycles. The van der Waals surface area contributed by atoms with Gasteiger partial charge in [0.15, 0.2) is 5.78 Å². The highest BCUT2D eigenvalue weighted by atomic mass is 79.9. The van der Waals surface area contributed by atoms with Crippen LogP contribution in [0.3, 0.4) is 0 Å². The molecule has 0 fully saturated rings. The third-order valence-electron chi connectivity index (χ3n) is 1.98. The van der Waals surface area contributed by atoms with Crippen molar-refractivity contribution in [2.45, 2.75) is 13.0 Å². The summed E-state index contributed by atoms with van der Waals surface area (Å²) in [7, 11) is 0. The highest BCUT2D eigenvalue weighted by Crippen LogP contribution is 2.27. The Morgan fingerprint density at radius 3 is 2.57 bits per heavy atom. The summed E-state index contributed by atoms with van der Waals surface area (Å²) < 4.78 is 0.773. The Labute approximate surface area is 91.4 Å². The highest BCUT2D eigenvalue weighted by molar-refractivity contribution is 9.10. The van der Waals surface area contributed by atoms with Crippen LogP contribution in [-0.2, 0) is 4.79 Å². The largest absolute Gasteiger partial charge is 0.384 e. The monoisotopic (exact) mass is 254 g/mol. The summed E-state index contributed by atoms with van der Waals surface area (Å²) in [4.78, 5) is 11.0. The van der Waals surface area contributed by atoms with Crippen molar-refractivity contribution in [2.75, 3.05) is 0 Å². The lowest BCUT2D eigenvalue weighted by Gasteiger charge is -2.13. The van der Waals surface area contributed by atoms with Crippen LogP contribution >= 0.6 is 15.9 Å². The summed E-state index contributed by atoms with van der Waals surface area (Å²) in [5, 5.41) is 9.79. The molecular weight excluding hydrogens is 244 g/mol. The summed E-state index contributed by atoms with van der Waals surface area (Å²) in [6.45, 7) is 4.94. The van der Waals surface area contributed by atoms with Gasteiger partial charge in [0, 0.05) is 10.0 Å². The maximum Gasteiger partial charge on any atom is 0.158 e. The van der Waals surface area contributed by atoms with Gasteiger partial charge in [-0.1, -0.05) is 40.7 Å². The number of carbonyl (C=O) groups excluding carboxylic acids is 1. The minimum Gasteiger partial charge on any atom is -0.384 e. The molecule has 0 heterocycles. The number of aliphatic hydroxyl groups excluding tert-OH is 1. The number of carbonyl (C=O) groups is 1. The van der Waals surface area contributed by atoms with Crippen molar-refractivity contribution in [3.8, 4) is 0 Å². The van der Waals surface area contributed by atoms with Crippen molar-refractivity contribution in [3.05, 3.63) is 46.5 Å². The predicted octanol–water partition coefficient (Wildman–Crippen LogP) is 2.63. The summed E-state index contributed by atoms with van der Waals surface area (Å²) in [6.07, 6.45) is -0.928. The van der Waals surface area contributed by atoms with E-state index in [4.69, 9.17) is 0 Å². The van der Waals surface area contributed by atoms with E-state index in [1.165, 1.54) is 6.92 Å². The molecule has 14 heavy (non-hydrogen) atoms. The molecule has 0 amide bonds. The number of hydrogen-bond donors (Lipinski definition) is 1. The first-order chi connectivity index (χ1) is 6.54. The standard InChI is InChI=1S/C11H11BrO2/c1-7(8(2)13)11(14)9-5-3-4-6-10(9)12/h3-6,11,14H,1H2,2H3. The molecule has 0 aliphatic rings. The zero-order chi connectivity index (χ0) is 10.7. The zero-order valence-electron chi connectivity index (χ0n) is 7.83. The Morgan fingerprint density at radius 2 is 2.07 bits per heavy atom. The SMILES string of the molecule is C=C(C(C)=O)C(O)c1ccccc1Br. The first-order valence-corrected chi connectivity index (χ1v) is 4.95. The van der Waals surface area contributed by atoms with Crippen LogP contribution in [-0.4, -0.2) is 10.9 Å². The van der Waals surface area contributed by atoms with Gasteiger partial charge in [0.2, 0.25) is 0 Å². The van der Waals surface area contributed by atoms with Crippen molar-refractivity contribution >= 4 is 21.7 Å². The van der Waals surface area contributed by atoms with E-state index in [0.717, 1.165) is 4.47 Å². The summed E-state index contributed by atoms with van der Waals surface area (Å²) in [5.74, 6) is -0.201. The molecular formula is C11H11BrO2. The fraction of sp³-hybridized carbons (Fsp3) is 0.182. The van der Waals surface area contributed by atoms with Gasteiger partial charge in [-0.2, -0.15) is 0 Å². The molecule has 0 aromatic heterocycles. The number of hydrogen-bond acceptors (Lipinski definition) is 2. The van der Waals surface area contributed by atoms with E-state index < -0.39 is 6.10 Å². The van der Waals surface area contributed by atoms with Gasteiger partial charge in [0.05, 0.1) is 0 Å².